The molecule has 1 aliphatic rings. The summed E-state index contributed by atoms with van der Waals surface area (Å²) >= 11 is 0. The summed E-state index contributed by atoms with van der Waals surface area (Å²) in [6.07, 6.45) is 4.03. The van der Waals surface area contributed by atoms with Crippen molar-refractivity contribution in [1.82, 2.24) is 10.2 Å². The van der Waals surface area contributed by atoms with Gasteiger partial charge in [0.1, 0.15) is 0 Å². The molecule has 0 spiro atoms. The molecular formula is C15H30N2O2. The maximum atomic E-state index is 12.2. The molecule has 0 aromatic carbocycles. The molecule has 19 heavy (non-hydrogen) atoms. The lowest BCUT2D eigenvalue weighted by Gasteiger charge is -2.38. The van der Waals surface area contributed by atoms with Gasteiger partial charge in [-0.3, -0.25) is 4.79 Å². The van der Waals surface area contributed by atoms with Crippen LogP contribution < -0.4 is 5.32 Å². The topological polar surface area (TPSA) is 52.6 Å². The highest BCUT2D eigenvalue weighted by Gasteiger charge is 2.32. The predicted octanol–water partition coefficient (Wildman–Crippen LogP) is 1.77. The van der Waals surface area contributed by atoms with Gasteiger partial charge in [-0.1, -0.05) is 40.5 Å². The van der Waals surface area contributed by atoms with E-state index in [1.165, 1.54) is 12.8 Å². The Hall–Kier alpha value is -0.610. The highest BCUT2D eigenvalue weighted by Crippen LogP contribution is 2.22. The number of β-amino-alcohol motifs (C(OH)–C–C–N with tert-alkyl or cyclic N) is 1. The number of nitrogens with one attached hydrogen (secondary N) is 1. The predicted molar refractivity (Wildman–Crippen MR) is 78.0 cm³/mol. The number of amides is 1. The van der Waals surface area contributed by atoms with Crippen LogP contribution in [0.15, 0.2) is 0 Å². The zero-order valence-corrected chi connectivity index (χ0v) is 12.9. The number of unbranched alkanes of at least 4 members (excludes halogenated alkanes) is 1. The van der Waals surface area contributed by atoms with Gasteiger partial charge in [-0.25, -0.2) is 0 Å². The third kappa shape index (κ3) is 5.91. The van der Waals surface area contributed by atoms with Crippen molar-refractivity contribution in [3.63, 3.8) is 0 Å². The van der Waals surface area contributed by atoms with E-state index in [2.05, 4.69) is 26.1 Å². The first-order valence-electron chi connectivity index (χ1n) is 7.53. The highest BCUT2D eigenvalue weighted by molar-refractivity contribution is 5.82. The Morgan fingerprint density at radius 3 is 2.47 bits per heavy atom. The first kappa shape index (κ1) is 16.4. The van der Waals surface area contributed by atoms with Gasteiger partial charge in [-0.2, -0.15) is 0 Å². The lowest BCUT2D eigenvalue weighted by atomic mass is 9.89. The molecule has 0 aromatic heterocycles. The standard InChI is InChI=1S/C15H30N2O2/c1-5-16-13(8-6-7-9-15(2,3)4)14(19)17-10-12(18)11-17/h12-13,16,18H,5-11H2,1-4H3. The Bertz CT molecular complexity index is 280. The monoisotopic (exact) mass is 270 g/mol. The molecule has 1 rings (SSSR count). The number of nitrogens with zero attached hydrogens (tertiary/aromatic N) is 1. The number of likely N-dealkylation sites (tertiary alicyclic amines) is 1. The average molecular weight is 270 g/mol. The van der Waals surface area contributed by atoms with Crippen LogP contribution in [0.25, 0.3) is 0 Å². The van der Waals surface area contributed by atoms with Gasteiger partial charge in [0, 0.05) is 13.1 Å². The molecule has 4 nitrogen and oxygen atoms in total. The van der Waals surface area contributed by atoms with E-state index >= 15 is 0 Å². The molecule has 112 valence electrons. The van der Waals surface area contributed by atoms with E-state index in [1.54, 1.807) is 4.90 Å². The largest absolute Gasteiger partial charge is 0.389 e. The molecule has 1 unspecified atom stereocenters. The molecule has 1 fully saturated rings. The first-order chi connectivity index (χ1) is 8.83. The van der Waals surface area contributed by atoms with Crippen molar-refractivity contribution in [1.29, 1.82) is 0 Å². The van der Waals surface area contributed by atoms with Gasteiger partial charge in [0.25, 0.3) is 0 Å². The van der Waals surface area contributed by atoms with Gasteiger partial charge in [-0.05, 0) is 24.8 Å². The van der Waals surface area contributed by atoms with Gasteiger partial charge in [0.15, 0.2) is 0 Å². The van der Waals surface area contributed by atoms with E-state index < -0.39 is 0 Å². The number of hydrogen-bond acceptors (Lipinski definition) is 3. The summed E-state index contributed by atoms with van der Waals surface area (Å²) in [4.78, 5) is 14.0. The van der Waals surface area contributed by atoms with E-state index in [0.29, 0.717) is 18.5 Å². The third-order valence-electron chi connectivity index (χ3n) is 3.59. The number of carbonyl (C=O) groups is 1. The van der Waals surface area contributed by atoms with Gasteiger partial charge in [-0.15, -0.1) is 0 Å². The van der Waals surface area contributed by atoms with E-state index in [0.717, 1.165) is 19.4 Å². The van der Waals surface area contributed by atoms with Gasteiger partial charge in [0.05, 0.1) is 12.1 Å². The Kier molecular flexibility index (Phi) is 6.27. The summed E-state index contributed by atoms with van der Waals surface area (Å²) in [5.74, 6) is 0.155. The minimum Gasteiger partial charge on any atom is -0.389 e. The third-order valence-corrected chi connectivity index (χ3v) is 3.59. The second-order valence-electron chi connectivity index (χ2n) is 6.81. The molecule has 1 saturated heterocycles. The smallest absolute Gasteiger partial charge is 0.239 e. The number of rotatable bonds is 7. The molecule has 0 radical (unpaired) electrons. The molecule has 1 atom stereocenters. The van der Waals surface area contributed by atoms with Crippen LogP contribution in [-0.4, -0.2) is 47.7 Å². The first-order valence-corrected chi connectivity index (χ1v) is 7.53. The van der Waals surface area contributed by atoms with Crippen LogP contribution in [0, 0.1) is 5.41 Å². The Labute approximate surface area is 117 Å². The summed E-state index contributed by atoms with van der Waals surface area (Å²) in [7, 11) is 0. The second-order valence-corrected chi connectivity index (χ2v) is 6.81. The Morgan fingerprint density at radius 2 is 2.00 bits per heavy atom. The van der Waals surface area contributed by atoms with Crippen LogP contribution in [0.5, 0.6) is 0 Å². The fourth-order valence-corrected chi connectivity index (χ4v) is 2.42. The minimum atomic E-state index is -0.313. The second kappa shape index (κ2) is 7.25. The Morgan fingerprint density at radius 1 is 1.37 bits per heavy atom. The number of aliphatic hydroxyl groups excluding tert-OH is 1. The molecule has 0 bridgehead atoms. The summed E-state index contributed by atoms with van der Waals surface area (Å²) < 4.78 is 0. The van der Waals surface area contributed by atoms with Crippen LogP contribution in [0.4, 0.5) is 0 Å². The minimum absolute atomic E-state index is 0.0718. The molecule has 0 saturated carbocycles. The van der Waals surface area contributed by atoms with Gasteiger partial charge >= 0.3 is 0 Å². The van der Waals surface area contributed by atoms with Crippen LogP contribution in [0.3, 0.4) is 0 Å². The normalized spacial score (nSPS) is 18.3. The summed E-state index contributed by atoms with van der Waals surface area (Å²) in [5.41, 5.74) is 0.374. The molecule has 4 heteroatoms. The molecule has 1 amide bonds. The number of likely N-dealkylation sites (N-methyl/N-ethyl adjacent to an activating group) is 1. The lowest BCUT2D eigenvalue weighted by Crippen LogP contribution is -2.58. The molecule has 1 heterocycles. The molecule has 2 N–H and O–H groups in total. The number of hydrogen-bond donors (Lipinski definition) is 2. The van der Waals surface area contributed by atoms with Gasteiger partial charge < -0.3 is 15.3 Å². The van der Waals surface area contributed by atoms with Crippen molar-refractivity contribution in [3.8, 4) is 0 Å². The maximum absolute atomic E-state index is 12.2. The van der Waals surface area contributed by atoms with Crippen molar-refractivity contribution in [2.75, 3.05) is 19.6 Å². The van der Waals surface area contributed by atoms with Crippen molar-refractivity contribution in [3.05, 3.63) is 0 Å². The SMILES string of the molecule is CCNC(CCCCC(C)(C)C)C(=O)N1CC(O)C1. The maximum Gasteiger partial charge on any atom is 0.239 e. The van der Waals surface area contributed by atoms with Crippen LogP contribution >= 0.6 is 0 Å². The summed E-state index contributed by atoms with van der Waals surface area (Å²) in [5, 5.41) is 12.5. The molecule has 0 aromatic rings. The average Bonchev–Trinajstić information content (AvgIpc) is 2.27. The quantitative estimate of drug-likeness (QED) is 0.693. The van der Waals surface area contributed by atoms with E-state index in [9.17, 15) is 9.90 Å². The number of carbonyl (C=O) groups excluding carboxylic acids is 1. The number of aliphatic hydroxyl groups is 1. The molecule has 0 aliphatic carbocycles. The fraction of sp³-hybridized carbons (Fsp3) is 0.933. The van der Waals surface area contributed by atoms with Crippen LogP contribution in [0.2, 0.25) is 0 Å². The van der Waals surface area contributed by atoms with Crippen molar-refractivity contribution in [2.45, 2.75) is 65.5 Å². The zero-order valence-electron chi connectivity index (χ0n) is 12.9. The van der Waals surface area contributed by atoms with E-state index in [4.69, 9.17) is 0 Å². The van der Waals surface area contributed by atoms with E-state index in [1.807, 2.05) is 6.92 Å². The Balaban J connectivity index is 2.30. The van der Waals surface area contributed by atoms with E-state index in [-0.39, 0.29) is 18.1 Å². The summed E-state index contributed by atoms with van der Waals surface area (Å²) in [6.45, 7) is 10.6. The van der Waals surface area contributed by atoms with Crippen LogP contribution in [0.1, 0.15) is 53.4 Å². The van der Waals surface area contributed by atoms with Crippen molar-refractivity contribution in [2.24, 2.45) is 5.41 Å². The molecule has 1 aliphatic heterocycles. The molecular weight excluding hydrogens is 240 g/mol. The highest BCUT2D eigenvalue weighted by atomic mass is 16.3. The lowest BCUT2D eigenvalue weighted by molar-refractivity contribution is -0.143. The summed E-state index contributed by atoms with van der Waals surface area (Å²) in [6, 6.07) is -0.0718. The van der Waals surface area contributed by atoms with Crippen LogP contribution in [-0.2, 0) is 4.79 Å². The van der Waals surface area contributed by atoms with Crippen molar-refractivity contribution >= 4 is 5.91 Å². The van der Waals surface area contributed by atoms with Gasteiger partial charge in [0.2, 0.25) is 5.91 Å². The zero-order chi connectivity index (χ0) is 14.5. The fourth-order valence-electron chi connectivity index (χ4n) is 2.42. The van der Waals surface area contributed by atoms with Crippen molar-refractivity contribution < 1.29 is 9.90 Å².